The molecule has 1 atom stereocenters. The number of aromatic nitrogens is 1. The molecule has 18 heavy (non-hydrogen) atoms. The van der Waals surface area contributed by atoms with Crippen molar-refractivity contribution in [1.29, 1.82) is 0 Å². The van der Waals surface area contributed by atoms with Crippen molar-refractivity contribution in [2.24, 2.45) is 0 Å². The molecule has 1 aromatic rings. The van der Waals surface area contributed by atoms with Crippen LogP contribution in [0.2, 0.25) is 0 Å². The van der Waals surface area contributed by atoms with Gasteiger partial charge in [-0.15, -0.1) is 11.3 Å². The van der Waals surface area contributed by atoms with Crippen molar-refractivity contribution in [2.75, 3.05) is 24.6 Å². The number of hydrogen-bond acceptors (Lipinski definition) is 5. The summed E-state index contributed by atoms with van der Waals surface area (Å²) in [4.78, 5) is 7.98. The topological polar surface area (TPSA) is 48.4 Å². The van der Waals surface area contributed by atoms with Crippen LogP contribution in [0.25, 0.3) is 0 Å². The highest BCUT2D eigenvalue weighted by molar-refractivity contribution is 7.15. The monoisotopic (exact) mass is 271 g/mol. The van der Waals surface area contributed by atoms with E-state index in [-0.39, 0.29) is 6.61 Å². The highest BCUT2D eigenvalue weighted by Gasteiger charge is 2.09. The highest BCUT2D eigenvalue weighted by Crippen LogP contribution is 2.22. The van der Waals surface area contributed by atoms with Crippen LogP contribution in [0, 0.1) is 0 Å². The van der Waals surface area contributed by atoms with Gasteiger partial charge in [0.15, 0.2) is 5.13 Å². The lowest BCUT2D eigenvalue weighted by Crippen LogP contribution is -2.28. The van der Waals surface area contributed by atoms with Crippen LogP contribution in [-0.4, -0.2) is 35.8 Å². The van der Waals surface area contributed by atoms with E-state index in [1.807, 2.05) is 6.20 Å². The number of hydrogen-bond donors (Lipinski definition) is 2. The number of aliphatic hydroxyl groups excluding tert-OH is 1. The Kier molecular flexibility index (Phi) is 7.23. The van der Waals surface area contributed by atoms with E-state index in [1.54, 1.807) is 11.3 Å². The van der Waals surface area contributed by atoms with Crippen LogP contribution in [0.5, 0.6) is 0 Å². The molecule has 0 saturated carbocycles. The van der Waals surface area contributed by atoms with E-state index >= 15 is 0 Å². The van der Waals surface area contributed by atoms with Crippen LogP contribution in [0.3, 0.4) is 0 Å². The van der Waals surface area contributed by atoms with Crippen LogP contribution in [0.1, 0.15) is 38.5 Å². The zero-order chi connectivity index (χ0) is 13.4. The number of nitrogens with zero attached hydrogens (tertiary/aromatic N) is 2. The summed E-state index contributed by atoms with van der Waals surface area (Å²) in [5.74, 6) is 0. The zero-order valence-electron chi connectivity index (χ0n) is 11.6. The van der Waals surface area contributed by atoms with Crippen molar-refractivity contribution in [3.05, 3.63) is 11.1 Å². The Morgan fingerprint density at radius 3 is 2.67 bits per heavy atom. The second-order valence-corrected chi connectivity index (χ2v) is 5.37. The average Bonchev–Trinajstić information content (AvgIpc) is 2.85. The molecule has 2 N–H and O–H groups in total. The second-order valence-electron chi connectivity index (χ2n) is 4.28. The lowest BCUT2D eigenvalue weighted by Gasteiger charge is -2.16. The Labute approximate surface area is 114 Å². The largest absolute Gasteiger partial charge is 0.396 e. The first-order valence-corrected chi connectivity index (χ1v) is 7.60. The Bertz CT molecular complexity index is 326. The predicted molar refractivity (Wildman–Crippen MR) is 78.3 cm³/mol. The summed E-state index contributed by atoms with van der Waals surface area (Å²) < 4.78 is 0. The molecule has 0 aromatic carbocycles. The fourth-order valence-electron chi connectivity index (χ4n) is 1.87. The van der Waals surface area contributed by atoms with E-state index < -0.39 is 0 Å². The Hall–Kier alpha value is -0.650. The summed E-state index contributed by atoms with van der Waals surface area (Å²) in [5, 5.41) is 13.5. The standard InChI is InChI=1S/C13H25N3OS/c1-4-11(7-8-17)14-9-12-10-15-13(18-12)16(5-2)6-3/h10-11,14,17H,4-9H2,1-3H3. The normalized spacial score (nSPS) is 12.7. The predicted octanol–water partition coefficient (Wildman–Crippen LogP) is 2.24. The van der Waals surface area contributed by atoms with Crippen LogP contribution < -0.4 is 10.2 Å². The van der Waals surface area contributed by atoms with Gasteiger partial charge in [-0.3, -0.25) is 0 Å². The summed E-state index contributed by atoms with van der Waals surface area (Å²) in [6.45, 7) is 9.53. The third kappa shape index (κ3) is 4.55. The van der Waals surface area contributed by atoms with E-state index in [9.17, 15) is 0 Å². The third-order valence-electron chi connectivity index (χ3n) is 3.11. The molecule has 0 aliphatic rings. The molecule has 1 heterocycles. The van der Waals surface area contributed by atoms with Crippen LogP contribution in [-0.2, 0) is 6.54 Å². The molecule has 1 rings (SSSR count). The van der Waals surface area contributed by atoms with Crippen molar-refractivity contribution in [3.8, 4) is 0 Å². The lowest BCUT2D eigenvalue weighted by atomic mass is 10.1. The van der Waals surface area contributed by atoms with E-state index in [2.05, 4.69) is 36.0 Å². The average molecular weight is 271 g/mol. The van der Waals surface area contributed by atoms with Gasteiger partial charge in [-0.2, -0.15) is 0 Å². The molecule has 104 valence electrons. The van der Waals surface area contributed by atoms with Gasteiger partial charge in [0.1, 0.15) is 0 Å². The third-order valence-corrected chi connectivity index (χ3v) is 4.17. The first kappa shape index (κ1) is 15.4. The van der Waals surface area contributed by atoms with Crippen molar-refractivity contribution in [2.45, 2.75) is 46.2 Å². The summed E-state index contributed by atoms with van der Waals surface area (Å²) >= 11 is 1.75. The Morgan fingerprint density at radius 2 is 2.11 bits per heavy atom. The van der Waals surface area contributed by atoms with Crippen molar-refractivity contribution in [1.82, 2.24) is 10.3 Å². The van der Waals surface area contributed by atoms with Gasteiger partial charge in [-0.25, -0.2) is 4.98 Å². The molecule has 1 unspecified atom stereocenters. The Balaban J connectivity index is 2.48. The second kappa shape index (κ2) is 8.45. The molecule has 4 nitrogen and oxygen atoms in total. The number of aliphatic hydroxyl groups is 1. The molecule has 0 aliphatic carbocycles. The first-order valence-electron chi connectivity index (χ1n) is 6.78. The maximum Gasteiger partial charge on any atom is 0.185 e. The smallest absolute Gasteiger partial charge is 0.185 e. The molecule has 1 aromatic heterocycles. The first-order chi connectivity index (χ1) is 8.74. The van der Waals surface area contributed by atoms with Gasteiger partial charge in [0.25, 0.3) is 0 Å². The fraction of sp³-hybridized carbons (Fsp3) is 0.769. The number of anilines is 1. The molecule has 0 amide bonds. The van der Waals surface area contributed by atoms with Crippen LogP contribution >= 0.6 is 11.3 Å². The number of thiazole rings is 1. The molecule has 0 saturated heterocycles. The van der Waals surface area contributed by atoms with Gasteiger partial charge in [0.05, 0.1) is 0 Å². The molecule has 0 spiro atoms. The molecule has 0 fully saturated rings. The lowest BCUT2D eigenvalue weighted by molar-refractivity contribution is 0.262. The molecular weight excluding hydrogens is 246 g/mol. The van der Waals surface area contributed by atoms with Gasteiger partial charge >= 0.3 is 0 Å². The highest BCUT2D eigenvalue weighted by atomic mass is 32.1. The van der Waals surface area contributed by atoms with E-state index in [1.165, 1.54) is 4.88 Å². The van der Waals surface area contributed by atoms with E-state index in [0.29, 0.717) is 6.04 Å². The van der Waals surface area contributed by atoms with Crippen LogP contribution in [0.4, 0.5) is 5.13 Å². The van der Waals surface area contributed by atoms with E-state index in [0.717, 1.165) is 37.6 Å². The minimum atomic E-state index is 0.249. The minimum Gasteiger partial charge on any atom is -0.396 e. The fourth-order valence-corrected chi connectivity index (χ4v) is 2.86. The number of rotatable bonds is 9. The van der Waals surface area contributed by atoms with Gasteiger partial charge in [0, 0.05) is 43.4 Å². The summed E-state index contributed by atoms with van der Waals surface area (Å²) in [5.41, 5.74) is 0. The SMILES string of the molecule is CCC(CCO)NCc1cnc(N(CC)CC)s1. The van der Waals surface area contributed by atoms with Gasteiger partial charge < -0.3 is 15.3 Å². The molecule has 0 radical (unpaired) electrons. The Morgan fingerprint density at radius 1 is 1.39 bits per heavy atom. The molecule has 5 heteroatoms. The maximum atomic E-state index is 8.95. The van der Waals surface area contributed by atoms with Gasteiger partial charge in [0.2, 0.25) is 0 Å². The van der Waals surface area contributed by atoms with Crippen molar-refractivity contribution < 1.29 is 5.11 Å². The van der Waals surface area contributed by atoms with Gasteiger partial charge in [-0.05, 0) is 26.7 Å². The summed E-state index contributed by atoms with van der Waals surface area (Å²) in [7, 11) is 0. The summed E-state index contributed by atoms with van der Waals surface area (Å²) in [6, 6.07) is 0.397. The van der Waals surface area contributed by atoms with E-state index in [4.69, 9.17) is 5.11 Å². The number of nitrogens with one attached hydrogen (secondary N) is 1. The molecule has 0 bridgehead atoms. The van der Waals surface area contributed by atoms with Crippen LogP contribution in [0.15, 0.2) is 6.20 Å². The summed E-state index contributed by atoms with van der Waals surface area (Å²) in [6.07, 6.45) is 3.82. The zero-order valence-corrected chi connectivity index (χ0v) is 12.5. The minimum absolute atomic E-state index is 0.249. The van der Waals surface area contributed by atoms with Gasteiger partial charge in [-0.1, -0.05) is 6.92 Å². The molecule has 0 aliphatic heterocycles. The van der Waals surface area contributed by atoms with Crippen molar-refractivity contribution >= 4 is 16.5 Å². The maximum absolute atomic E-state index is 8.95. The molecular formula is C13H25N3OS. The quantitative estimate of drug-likeness (QED) is 0.723. The van der Waals surface area contributed by atoms with Crippen molar-refractivity contribution in [3.63, 3.8) is 0 Å².